The van der Waals surface area contributed by atoms with Crippen molar-refractivity contribution in [3.63, 3.8) is 0 Å². The standard InChI is InChI=1S/C26H27N5O6S.H2S/c1-5-37-22-16-9-13-19(27-22)24-28-29-25(31(24)23-20(35-3)14-10-15-21(23)36-4)26(32)30-38(33,34)17(2)18-11-7-6-8-12-18;/h6-17H,5H2,1-4H3,(H,30,32);1H2/t17-;/m0./s1. The summed E-state index contributed by atoms with van der Waals surface area (Å²) in [4.78, 5) is 17.9. The highest BCUT2D eigenvalue weighted by molar-refractivity contribution is 7.90. The number of carbonyl (C=O) groups is 1. The number of hydrogen-bond acceptors (Lipinski definition) is 9. The van der Waals surface area contributed by atoms with Gasteiger partial charge < -0.3 is 14.2 Å². The smallest absolute Gasteiger partial charge is 0.303 e. The van der Waals surface area contributed by atoms with Gasteiger partial charge in [-0.25, -0.2) is 18.1 Å². The second-order valence-corrected chi connectivity index (χ2v) is 10.0. The van der Waals surface area contributed by atoms with Gasteiger partial charge in [0.1, 0.15) is 28.1 Å². The summed E-state index contributed by atoms with van der Waals surface area (Å²) in [6, 6.07) is 18.7. The van der Waals surface area contributed by atoms with Gasteiger partial charge in [0, 0.05) is 6.07 Å². The van der Waals surface area contributed by atoms with Gasteiger partial charge in [0.15, 0.2) is 5.82 Å². The van der Waals surface area contributed by atoms with E-state index in [0.29, 0.717) is 40.9 Å². The van der Waals surface area contributed by atoms with Crippen molar-refractivity contribution in [2.45, 2.75) is 19.1 Å². The minimum Gasteiger partial charge on any atom is -0.494 e. The van der Waals surface area contributed by atoms with Gasteiger partial charge in [0.2, 0.25) is 21.7 Å². The maximum absolute atomic E-state index is 13.5. The minimum absolute atomic E-state index is 0. The van der Waals surface area contributed by atoms with Crippen LogP contribution in [0.1, 0.15) is 35.3 Å². The summed E-state index contributed by atoms with van der Waals surface area (Å²) in [5.41, 5.74) is 1.15. The zero-order valence-electron chi connectivity index (χ0n) is 21.8. The number of nitrogens with zero attached hydrogens (tertiary/aromatic N) is 4. The van der Waals surface area contributed by atoms with Crippen LogP contribution in [0.5, 0.6) is 17.4 Å². The number of sulfonamides is 1. The van der Waals surface area contributed by atoms with E-state index < -0.39 is 21.2 Å². The number of methoxy groups -OCH3 is 2. The van der Waals surface area contributed by atoms with Crippen LogP contribution in [0.2, 0.25) is 0 Å². The molecule has 4 rings (SSSR count). The number of benzene rings is 2. The van der Waals surface area contributed by atoms with Crippen molar-refractivity contribution >= 4 is 29.4 Å². The third-order valence-corrected chi connectivity index (χ3v) is 7.38. The Hall–Kier alpha value is -4.10. The summed E-state index contributed by atoms with van der Waals surface area (Å²) in [5, 5.41) is 7.25. The lowest BCUT2D eigenvalue weighted by molar-refractivity contribution is 0.0969. The van der Waals surface area contributed by atoms with E-state index in [0.717, 1.165) is 0 Å². The lowest BCUT2D eigenvalue weighted by Gasteiger charge is -2.18. The Balaban J connectivity index is 0.00000420. The van der Waals surface area contributed by atoms with Gasteiger partial charge in [-0.1, -0.05) is 42.5 Å². The molecule has 11 nitrogen and oxygen atoms in total. The van der Waals surface area contributed by atoms with E-state index in [1.807, 2.05) is 6.92 Å². The van der Waals surface area contributed by atoms with E-state index in [1.54, 1.807) is 66.7 Å². The molecule has 0 aliphatic rings. The van der Waals surface area contributed by atoms with Crippen molar-refractivity contribution in [2.24, 2.45) is 0 Å². The van der Waals surface area contributed by atoms with Crippen LogP contribution in [0.3, 0.4) is 0 Å². The van der Waals surface area contributed by atoms with E-state index in [1.165, 1.54) is 25.7 Å². The van der Waals surface area contributed by atoms with E-state index >= 15 is 0 Å². The summed E-state index contributed by atoms with van der Waals surface area (Å²) in [5.74, 6) is -0.137. The first-order valence-corrected chi connectivity index (χ1v) is 13.2. The first-order chi connectivity index (χ1) is 18.3. The summed E-state index contributed by atoms with van der Waals surface area (Å²) in [7, 11) is -1.22. The van der Waals surface area contributed by atoms with Crippen LogP contribution >= 0.6 is 13.5 Å². The molecule has 0 aliphatic heterocycles. The molecule has 0 saturated heterocycles. The number of aromatic nitrogens is 4. The molecule has 2 aromatic carbocycles. The fourth-order valence-electron chi connectivity index (χ4n) is 3.80. The van der Waals surface area contributed by atoms with Gasteiger partial charge in [-0.05, 0) is 37.6 Å². The van der Waals surface area contributed by atoms with Crippen molar-refractivity contribution in [3.05, 3.63) is 78.1 Å². The molecule has 1 atom stereocenters. The van der Waals surface area contributed by atoms with E-state index in [9.17, 15) is 13.2 Å². The SMILES string of the molecule is CCOc1cccc(-c2nnc(C(=O)NS(=O)(=O)[C@@H](C)c3ccccc3)n2-c2c(OC)cccc2OC)n1.S. The number of rotatable bonds is 10. The molecule has 39 heavy (non-hydrogen) atoms. The Bertz CT molecular complexity index is 1520. The van der Waals surface area contributed by atoms with Crippen LogP contribution in [-0.4, -0.2) is 54.9 Å². The molecule has 1 amide bonds. The first-order valence-electron chi connectivity index (χ1n) is 11.7. The zero-order chi connectivity index (χ0) is 27.3. The highest BCUT2D eigenvalue weighted by Gasteiger charge is 2.31. The summed E-state index contributed by atoms with van der Waals surface area (Å²) < 4.78 is 46.4. The number of nitrogens with one attached hydrogen (secondary N) is 1. The monoisotopic (exact) mass is 571 g/mol. The molecular formula is C26H29N5O6S2. The van der Waals surface area contributed by atoms with Gasteiger partial charge in [0.25, 0.3) is 0 Å². The molecule has 2 heterocycles. The molecule has 0 saturated carbocycles. The quantitative estimate of drug-likeness (QED) is 0.302. The molecule has 13 heteroatoms. The fourth-order valence-corrected chi connectivity index (χ4v) is 4.84. The zero-order valence-corrected chi connectivity index (χ0v) is 23.6. The molecule has 0 fully saturated rings. The van der Waals surface area contributed by atoms with Crippen LogP contribution < -0.4 is 18.9 Å². The maximum atomic E-state index is 13.5. The van der Waals surface area contributed by atoms with Gasteiger partial charge in [-0.3, -0.25) is 9.36 Å². The summed E-state index contributed by atoms with van der Waals surface area (Å²) in [6.45, 7) is 3.72. The van der Waals surface area contributed by atoms with Gasteiger partial charge >= 0.3 is 5.91 Å². The van der Waals surface area contributed by atoms with Gasteiger partial charge in [-0.2, -0.15) is 13.5 Å². The number of ether oxygens (including phenoxy) is 3. The second-order valence-electron chi connectivity index (χ2n) is 8.02. The number of carbonyl (C=O) groups excluding carboxylic acids is 1. The minimum atomic E-state index is -4.14. The van der Waals surface area contributed by atoms with Crippen LogP contribution in [0.15, 0.2) is 66.7 Å². The molecule has 0 spiro atoms. The third kappa shape index (κ3) is 6.15. The van der Waals surface area contributed by atoms with Crippen LogP contribution in [0, 0.1) is 0 Å². The van der Waals surface area contributed by atoms with Crippen molar-refractivity contribution < 1.29 is 27.4 Å². The average Bonchev–Trinajstić information content (AvgIpc) is 3.37. The number of hydrogen-bond donors (Lipinski definition) is 1. The number of para-hydroxylation sites is 1. The Morgan fingerprint density at radius 2 is 1.59 bits per heavy atom. The van der Waals surface area contributed by atoms with E-state index in [-0.39, 0.29) is 25.1 Å². The number of pyridine rings is 1. The number of amides is 1. The Morgan fingerprint density at radius 1 is 0.949 bits per heavy atom. The maximum Gasteiger partial charge on any atom is 0.303 e. The predicted molar refractivity (Wildman–Crippen MR) is 150 cm³/mol. The Kier molecular flexibility index (Phi) is 9.54. The molecule has 0 unspecified atom stereocenters. The molecule has 0 bridgehead atoms. The van der Waals surface area contributed by atoms with E-state index in [2.05, 4.69) is 19.9 Å². The van der Waals surface area contributed by atoms with Crippen molar-refractivity contribution in [3.8, 4) is 34.6 Å². The van der Waals surface area contributed by atoms with Crippen LogP contribution in [0.25, 0.3) is 17.2 Å². The fraction of sp³-hybridized carbons (Fsp3) is 0.231. The van der Waals surface area contributed by atoms with Gasteiger partial charge in [0.05, 0.1) is 20.8 Å². The lowest BCUT2D eigenvalue weighted by Crippen LogP contribution is -2.35. The normalized spacial score (nSPS) is 11.7. The molecule has 4 aromatic rings. The first kappa shape index (κ1) is 29.5. The van der Waals surface area contributed by atoms with Crippen molar-refractivity contribution in [2.75, 3.05) is 20.8 Å². The van der Waals surface area contributed by atoms with Crippen molar-refractivity contribution in [1.82, 2.24) is 24.5 Å². The Morgan fingerprint density at radius 3 is 2.21 bits per heavy atom. The van der Waals surface area contributed by atoms with Crippen molar-refractivity contribution in [1.29, 1.82) is 0 Å². The summed E-state index contributed by atoms with van der Waals surface area (Å²) >= 11 is 0. The second kappa shape index (κ2) is 12.6. The highest BCUT2D eigenvalue weighted by Crippen LogP contribution is 2.36. The Labute approximate surface area is 233 Å². The van der Waals surface area contributed by atoms with Crippen LogP contribution in [-0.2, 0) is 10.0 Å². The molecule has 1 N–H and O–H groups in total. The lowest BCUT2D eigenvalue weighted by atomic mass is 10.2. The molecule has 206 valence electrons. The summed E-state index contributed by atoms with van der Waals surface area (Å²) in [6.07, 6.45) is 0. The third-order valence-electron chi connectivity index (χ3n) is 5.71. The van der Waals surface area contributed by atoms with Crippen LogP contribution in [0.4, 0.5) is 0 Å². The molecule has 0 radical (unpaired) electrons. The molecule has 2 aromatic heterocycles. The topological polar surface area (TPSA) is 135 Å². The molecular weight excluding hydrogens is 542 g/mol. The average molecular weight is 572 g/mol. The predicted octanol–water partition coefficient (Wildman–Crippen LogP) is 3.68. The molecule has 0 aliphatic carbocycles. The largest absolute Gasteiger partial charge is 0.494 e. The highest BCUT2D eigenvalue weighted by atomic mass is 32.2. The van der Waals surface area contributed by atoms with Gasteiger partial charge in [-0.15, -0.1) is 10.2 Å². The van der Waals surface area contributed by atoms with E-state index in [4.69, 9.17) is 14.2 Å².